The molecule has 2 aromatic heterocycles. The van der Waals surface area contributed by atoms with Gasteiger partial charge in [-0.1, -0.05) is 5.92 Å². The Kier molecular flexibility index (Phi) is 7.26. The Morgan fingerprint density at radius 2 is 1.67 bits per heavy atom. The van der Waals surface area contributed by atoms with Crippen LogP contribution in [0.3, 0.4) is 0 Å². The molecule has 3 rings (SSSR count). The van der Waals surface area contributed by atoms with Crippen LogP contribution < -0.4 is 4.74 Å². The summed E-state index contributed by atoms with van der Waals surface area (Å²) >= 11 is 1.46. The monoisotopic (exact) mass is 435 g/mol. The van der Waals surface area contributed by atoms with E-state index in [0.717, 1.165) is 18.7 Å². The summed E-state index contributed by atoms with van der Waals surface area (Å²) in [7, 11) is 3.93. The summed E-state index contributed by atoms with van der Waals surface area (Å²) in [6, 6.07) is 4.65. The predicted molar refractivity (Wildman–Crippen MR) is 110 cm³/mol. The Balaban J connectivity index is 1.73. The third kappa shape index (κ3) is 6.16. The Morgan fingerprint density at radius 3 is 2.33 bits per heavy atom. The lowest BCUT2D eigenvalue weighted by Gasteiger charge is -2.10. The fourth-order valence-electron chi connectivity index (χ4n) is 2.38. The number of halogens is 3. The fourth-order valence-corrected chi connectivity index (χ4v) is 3.06. The van der Waals surface area contributed by atoms with Crippen LogP contribution in [0.2, 0.25) is 0 Å². The Labute approximate surface area is 176 Å². The van der Waals surface area contributed by atoms with E-state index in [9.17, 15) is 13.2 Å². The van der Waals surface area contributed by atoms with Crippen LogP contribution >= 0.6 is 11.3 Å². The maximum Gasteiger partial charge on any atom is 0.416 e. The molecule has 2 heterocycles. The minimum Gasteiger partial charge on any atom is -0.473 e. The molecule has 158 valence electrons. The molecule has 0 radical (unpaired) electrons. The Morgan fingerprint density at radius 1 is 0.967 bits per heavy atom. The first-order chi connectivity index (χ1) is 14.3. The molecule has 9 heteroatoms. The van der Waals surface area contributed by atoms with E-state index < -0.39 is 11.7 Å². The highest BCUT2D eigenvalue weighted by atomic mass is 32.1. The summed E-state index contributed by atoms with van der Waals surface area (Å²) < 4.78 is 49.3. The lowest BCUT2D eigenvalue weighted by atomic mass is 10.1. The number of nitrogens with zero attached hydrogens (tertiary/aromatic N) is 3. The van der Waals surface area contributed by atoms with Gasteiger partial charge in [0.25, 0.3) is 0 Å². The van der Waals surface area contributed by atoms with E-state index in [4.69, 9.17) is 9.47 Å². The van der Waals surface area contributed by atoms with Crippen LogP contribution in [0.25, 0.3) is 11.0 Å². The summed E-state index contributed by atoms with van der Waals surface area (Å²) in [5, 5.41) is 3.70. The van der Waals surface area contributed by atoms with Crippen LogP contribution in [0.4, 0.5) is 13.2 Å². The lowest BCUT2D eigenvalue weighted by Crippen LogP contribution is -2.19. The topological polar surface area (TPSA) is 47.5 Å². The van der Waals surface area contributed by atoms with Crippen molar-refractivity contribution >= 4 is 22.4 Å². The van der Waals surface area contributed by atoms with Crippen molar-refractivity contribution < 1.29 is 22.6 Å². The van der Waals surface area contributed by atoms with Crippen molar-refractivity contribution in [1.29, 1.82) is 0 Å². The average Bonchev–Trinajstić information content (AvgIpc) is 3.15. The van der Waals surface area contributed by atoms with E-state index in [1.165, 1.54) is 23.5 Å². The second-order valence-electron chi connectivity index (χ2n) is 6.61. The fraction of sp³-hybridized carbons (Fsp3) is 0.333. The van der Waals surface area contributed by atoms with E-state index in [-0.39, 0.29) is 12.5 Å². The maximum absolute atomic E-state index is 12.7. The third-order valence-corrected chi connectivity index (χ3v) is 4.68. The van der Waals surface area contributed by atoms with E-state index in [1.54, 1.807) is 0 Å². The lowest BCUT2D eigenvalue weighted by molar-refractivity contribution is -0.137. The molecule has 0 amide bonds. The van der Waals surface area contributed by atoms with Crippen LogP contribution in [-0.2, 0) is 10.9 Å². The summed E-state index contributed by atoms with van der Waals surface area (Å²) in [5.41, 5.74) is 1.43. The molecule has 0 saturated heterocycles. The Bertz CT molecular complexity index is 1040. The average molecular weight is 435 g/mol. The molecule has 0 aliphatic rings. The highest BCUT2D eigenvalue weighted by Crippen LogP contribution is 2.29. The van der Waals surface area contributed by atoms with Crippen molar-refractivity contribution in [3.05, 3.63) is 51.8 Å². The number of thiophene rings is 1. The number of hydrogen-bond acceptors (Lipinski definition) is 6. The van der Waals surface area contributed by atoms with Crippen molar-refractivity contribution in [2.45, 2.75) is 6.18 Å². The van der Waals surface area contributed by atoms with Crippen molar-refractivity contribution in [3.8, 4) is 17.7 Å². The SMILES string of the molecule is CN(C)CCOCCOc1nc2cscc2nc1C#Cc1ccc(C(F)(F)F)cc1. The molecule has 1 aromatic carbocycles. The second-order valence-corrected chi connectivity index (χ2v) is 7.35. The van der Waals surface area contributed by atoms with Gasteiger partial charge in [0.15, 0.2) is 5.69 Å². The maximum atomic E-state index is 12.7. The molecule has 3 aromatic rings. The summed E-state index contributed by atoms with van der Waals surface area (Å²) in [5.74, 6) is 5.97. The summed E-state index contributed by atoms with van der Waals surface area (Å²) in [4.78, 5) is 10.9. The van der Waals surface area contributed by atoms with Gasteiger partial charge in [0.1, 0.15) is 17.6 Å². The highest BCUT2D eigenvalue weighted by molar-refractivity contribution is 7.09. The number of benzene rings is 1. The van der Waals surface area contributed by atoms with Gasteiger partial charge >= 0.3 is 6.18 Å². The molecule has 0 saturated carbocycles. The molecular weight excluding hydrogens is 415 g/mol. The number of fused-ring (bicyclic) bond motifs is 1. The molecule has 0 bridgehead atoms. The first-order valence-electron chi connectivity index (χ1n) is 9.11. The van der Waals surface area contributed by atoms with Gasteiger partial charge in [0, 0.05) is 22.9 Å². The zero-order valence-electron chi connectivity index (χ0n) is 16.5. The molecule has 0 unspecified atom stereocenters. The zero-order chi connectivity index (χ0) is 21.6. The number of rotatable bonds is 7. The van der Waals surface area contributed by atoms with Crippen LogP contribution in [-0.4, -0.2) is 55.3 Å². The first kappa shape index (κ1) is 22.0. The van der Waals surface area contributed by atoms with Gasteiger partial charge in [-0.25, -0.2) is 9.97 Å². The molecule has 30 heavy (non-hydrogen) atoms. The van der Waals surface area contributed by atoms with Crippen LogP contribution in [0.1, 0.15) is 16.8 Å². The van der Waals surface area contributed by atoms with Gasteiger partial charge in [0.2, 0.25) is 5.88 Å². The number of alkyl halides is 3. The molecule has 5 nitrogen and oxygen atoms in total. The number of hydrogen-bond donors (Lipinski definition) is 0. The van der Waals surface area contributed by atoms with Gasteiger partial charge in [-0.2, -0.15) is 13.2 Å². The molecule has 0 aliphatic heterocycles. The standard InChI is InChI=1S/C21H20F3N3O2S/c1-27(2)9-10-28-11-12-29-20-17(25-18-13-30-14-19(18)26-20)8-5-15-3-6-16(7-4-15)21(22,23)24/h3-4,6-7,13-14H,9-12H2,1-2H3. The predicted octanol–water partition coefficient (Wildman–Crippen LogP) is 4.07. The van der Waals surface area contributed by atoms with Crippen molar-refractivity contribution in [1.82, 2.24) is 14.9 Å². The van der Waals surface area contributed by atoms with Crippen molar-refractivity contribution in [2.75, 3.05) is 40.5 Å². The van der Waals surface area contributed by atoms with Gasteiger partial charge in [-0.05, 0) is 44.3 Å². The molecule has 0 spiro atoms. The number of aromatic nitrogens is 2. The van der Waals surface area contributed by atoms with Crippen molar-refractivity contribution in [2.24, 2.45) is 0 Å². The quantitative estimate of drug-likeness (QED) is 0.414. The second kappa shape index (κ2) is 9.89. The molecule has 0 aliphatic carbocycles. The van der Waals surface area contributed by atoms with Crippen LogP contribution in [0.5, 0.6) is 5.88 Å². The van der Waals surface area contributed by atoms with Crippen LogP contribution in [0, 0.1) is 11.8 Å². The largest absolute Gasteiger partial charge is 0.473 e. The minimum atomic E-state index is -4.38. The van der Waals surface area contributed by atoms with Crippen LogP contribution in [0.15, 0.2) is 35.0 Å². The molecule has 0 atom stereocenters. The number of ether oxygens (including phenoxy) is 2. The molecule has 0 N–H and O–H groups in total. The van der Waals surface area contributed by atoms with E-state index in [1.807, 2.05) is 29.8 Å². The van der Waals surface area contributed by atoms with Gasteiger partial charge < -0.3 is 14.4 Å². The smallest absolute Gasteiger partial charge is 0.416 e. The molecule has 0 fully saturated rings. The van der Waals surface area contributed by atoms with E-state index >= 15 is 0 Å². The normalized spacial score (nSPS) is 11.5. The number of likely N-dealkylation sites (N-methyl/N-ethyl adjacent to an activating group) is 1. The Hall–Kier alpha value is -2.67. The summed E-state index contributed by atoms with van der Waals surface area (Å²) in [6.07, 6.45) is -4.38. The third-order valence-electron chi connectivity index (χ3n) is 3.97. The van der Waals surface area contributed by atoms with Gasteiger partial charge in [-0.3, -0.25) is 0 Å². The minimum absolute atomic E-state index is 0.275. The van der Waals surface area contributed by atoms with E-state index in [2.05, 4.69) is 21.8 Å². The van der Waals surface area contributed by atoms with Gasteiger partial charge in [0.05, 0.1) is 18.8 Å². The zero-order valence-corrected chi connectivity index (χ0v) is 17.3. The van der Waals surface area contributed by atoms with Crippen molar-refractivity contribution in [3.63, 3.8) is 0 Å². The molecular formula is C21H20F3N3O2S. The van der Waals surface area contributed by atoms with E-state index in [0.29, 0.717) is 35.5 Å². The summed E-state index contributed by atoms with van der Waals surface area (Å²) in [6.45, 7) is 2.08. The highest BCUT2D eigenvalue weighted by Gasteiger charge is 2.29. The van der Waals surface area contributed by atoms with Gasteiger partial charge in [-0.15, -0.1) is 11.3 Å². The first-order valence-corrected chi connectivity index (χ1v) is 10.1.